The lowest BCUT2D eigenvalue weighted by atomic mass is 10.2. The maximum absolute atomic E-state index is 11.6. The van der Waals surface area contributed by atoms with Gasteiger partial charge in [-0.3, -0.25) is 9.00 Å². The van der Waals surface area contributed by atoms with Gasteiger partial charge in [0.2, 0.25) is 5.91 Å². The van der Waals surface area contributed by atoms with E-state index in [2.05, 4.69) is 0 Å². The summed E-state index contributed by atoms with van der Waals surface area (Å²) in [5.74, 6) is -0.780. The SMILES string of the molecule is Cc1ccc(N)c(S(=O)CC(N)=O)c1. The molecule has 76 valence electrons. The number of carbonyl (C=O) groups is 1. The topological polar surface area (TPSA) is 86.2 Å². The predicted octanol–water partition coefficient (Wildman–Crippen LogP) is 0.170. The van der Waals surface area contributed by atoms with E-state index in [1.54, 1.807) is 12.1 Å². The number of rotatable bonds is 3. The van der Waals surface area contributed by atoms with Crippen molar-refractivity contribution in [2.75, 3.05) is 11.5 Å². The van der Waals surface area contributed by atoms with Crippen molar-refractivity contribution in [2.24, 2.45) is 5.73 Å². The molecule has 5 heteroatoms. The maximum Gasteiger partial charge on any atom is 0.230 e. The Labute approximate surface area is 84.7 Å². The molecule has 4 N–H and O–H groups in total. The second-order valence-corrected chi connectivity index (χ2v) is 4.42. The molecule has 0 aromatic heterocycles. The first-order chi connectivity index (χ1) is 6.50. The lowest BCUT2D eigenvalue weighted by molar-refractivity contribution is -0.115. The van der Waals surface area contributed by atoms with Crippen molar-refractivity contribution in [3.8, 4) is 0 Å². The van der Waals surface area contributed by atoms with Gasteiger partial charge in [-0.25, -0.2) is 0 Å². The van der Waals surface area contributed by atoms with Crippen LogP contribution in [0.25, 0.3) is 0 Å². The Morgan fingerprint density at radius 1 is 1.50 bits per heavy atom. The molecule has 1 rings (SSSR count). The second-order valence-electron chi connectivity index (χ2n) is 3.00. The van der Waals surface area contributed by atoms with E-state index >= 15 is 0 Å². The first-order valence-electron chi connectivity index (χ1n) is 4.03. The van der Waals surface area contributed by atoms with Crippen molar-refractivity contribution in [3.05, 3.63) is 23.8 Å². The van der Waals surface area contributed by atoms with Crippen molar-refractivity contribution >= 4 is 22.4 Å². The van der Waals surface area contributed by atoms with Crippen LogP contribution in [0.2, 0.25) is 0 Å². The summed E-state index contributed by atoms with van der Waals surface area (Å²) < 4.78 is 11.6. The number of nitrogens with two attached hydrogens (primary N) is 2. The van der Waals surface area contributed by atoms with Crippen molar-refractivity contribution < 1.29 is 9.00 Å². The third kappa shape index (κ3) is 2.56. The van der Waals surface area contributed by atoms with Crippen LogP contribution in [-0.2, 0) is 15.6 Å². The molecule has 0 bridgehead atoms. The van der Waals surface area contributed by atoms with E-state index < -0.39 is 16.7 Å². The summed E-state index contributed by atoms with van der Waals surface area (Å²) >= 11 is 0. The predicted molar refractivity (Wildman–Crippen MR) is 56.1 cm³/mol. The first-order valence-corrected chi connectivity index (χ1v) is 5.35. The molecule has 1 atom stereocenters. The third-order valence-electron chi connectivity index (χ3n) is 1.69. The van der Waals surface area contributed by atoms with E-state index in [9.17, 15) is 9.00 Å². The average Bonchev–Trinajstić information content (AvgIpc) is 2.08. The highest BCUT2D eigenvalue weighted by atomic mass is 32.2. The number of carbonyl (C=O) groups excluding carboxylic acids is 1. The molecule has 0 aliphatic carbocycles. The van der Waals surface area contributed by atoms with Crippen molar-refractivity contribution in [1.29, 1.82) is 0 Å². The summed E-state index contributed by atoms with van der Waals surface area (Å²) in [5.41, 5.74) is 11.9. The Balaban J connectivity index is 3.00. The van der Waals surface area contributed by atoms with E-state index in [-0.39, 0.29) is 5.75 Å². The number of amides is 1. The van der Waals surface area contributed by atoms with Crippen molar-refractivity contribution in [2.45, 2.75) is 11.8 Å². The molecule has 0 fully saturated rings. The van der Waals surface area contributed by atoms with Crippen LogP contribution in [0.1, 0.15) is 5.56 Å². The van der Waals surface area contributed by atoms with E-state index in [0.29, 0.717) is 10.6 Å². The minimum atomic E-state index is -1.43. The van der Waals surface area contributed by atoms with Crippen LogP contribution < -0.4 is 11.5 Å². The van der Waals surface area contributed by atoms with Crippen LogP contribution >= 0.6 is 0 Å². The molecular formula is C9H12N2O2S. The van der Waals surface area contributed by atoms with Crippen LogP contribution in [0.3, 0.4) is 0 Å². The summed E-state index contributed by atoms with van der Waals surface area (Å²) in [7, 11) is -1.43. The van der Waals surface area contributed by atoms with E-state index in [1.807, 2.05) is 13.0 Å². The quantitative estimate of drug-likeness (QED) is 0.700. The number of nitrogen functional groups attached to an aromatic ring is 1. The molecule has 0 radical (unpaired) electrons. The highest BCUT2D eigenvalue weighted by Gasteiger charge is 2.10. The van der Waals surface area contributed by atoms with Gasteiger partial charge in [-0.05, 0) is 24.6 Å². The van der Waals surface area contributed by atoms with Crippen LogP contribution in [0.15, 0.2) is 23.1 Å². The largest absolute Gasteiger partial charge is 0.398 e. The molecular weight excluding hydrogens is 200 g/mol. The Morgan fingerprint density at radius 2 is 2.14 bits per heavy atom. The normalized spacial score (nSPS) is 12.4. The van der Waals surface area contributed by atoms with Gasteiger partial charge >= 0.3 is 0 Å². The molecule has 0 saturated heterocycles. The zero-order valence-corrected chi connectivity index (χ0v) is 8.64. The van der Waals surface area contributed by atoms with Gasteiger partial charge in [0.15, 0.2) is 0 Å². The molecule has 0 spiro atoms. The summed E-state index contributed by atoms with van der Waals surface area (Å²) in [6.45, 7) is 1.87. The minimum Gasteiger partial charge on any atom is -0.398 e. The van der Waals surface area contributed by atoms with E-state index in [1.165, 1.54) is 0 Å². The van der Waals surface area contributed by atoms with Crippen LogP contribution in [0.5, 0.6) is 0 Å². The molecule has 1 amide bonds. The molecule has 0 saturated carbocycles. The lowest BCUT2D eigenvalue weighted by Crippen LogP contribution is -2.20. The number of hydrogen-bond acceptors (Lipinski definition) is 3. The fraction of sp³-hybridized carbons (Fsp3) is 0.222. The van der Waals surface area contributed by atoms with E-state index in [4.69, 9.17) is 11.5 Å². The Bertz CT molecular complexity index is 390. The summed E-state index contributed by atoms with van der Waals surface area (Å²) in [5, 5.41) is 0. The second kappa shape index (κ2) is 4.23. The molecule has 1 aromatic carbocycles. The van der Waals surface area contributed by atoms with Crippen molar-refractivity contribution in [3.63, 3.8) is 0 Å². The first kappa shape index (κ1) is 10.7. The number of hydrogen-bond donors (Lipinski definition) is 2. The lowest BCUT2D eigenvalue weighted by Gasteiger charge is -2.04. The van der Waals surface area contributed by atoms with Crippen LogP contribution in [0.4, 0.5) is 5.69 Å². The minimum absolute atomic E-state index is 0.187. The van der Waals surface area contributed by atoms with Gasteiger partial charge in [-0.2, -0.15) is 0 Å². The van der Waals surface area contributed by atoms with Crippen LogP contribution in [-0.4, -0.2) is 15.9 Å². The summed E-state index contributed by atoms with van der Waals surface area (Å²) in [6.07, 6.45) is 0. The maximum atomic E-state index is 11.6. The Morgan fingerprint density at radius 3 is 2.71 bits per heavy atom. The molecule has 0 aliphatic rings. The van der Waals surface area contributed by atoms with Gasteiger partial charge in [0, 0.05) is 5.69 Å². The van der Waals surface area contributed by atoms with Crippen molar-refractivity contribution in [1.82, 2.24) is 0 Å². The number of aryl methyl sites for hydroxylation is 1. The fourth-order valence-electron chi connectivity index (χ4n) is 1.05. The zero-order chi connectivity index (χ0) is 10.7. The van der Waals surface area contributed by atoms with Gasteiger partial charge in [-0.15, -0.1) is 0 Å². The smallest absolute Gasteiger partial charge is 0.230 e. The monoisotopic (exact) mass is 212 g/mol. The highest BCUT2D eigenvalue weighted by molar-refractivity contribution is 7.86. The van der Waals surface area contributed by atoms with Gasteiger partial charge in [0.25, 0.3) is 0 Å². The number of primary amides is 1. The van der Waals surface area contributed by atoms with Gasteiger partial charge in [0.1, 0.15) is 5.75 Å². The zero-order valence-electron chi connectivity index (χ0n) is 7.82. The number of benzene rings is 1. The number of anilines is 1. The molecule has 0 heterocycles. The van der Waals surface area contributed by atoms with Crippen LogP contribution in [0, 0.1) is 6.92 Å². The van der Waals surface area contributed by atoms with Gasteiger partial charge < -0.3 is 11.5 Å². The highest BCUT2D eigenvalue weighted by Crippen LogP contribution is 2.17. The molecule has 4 nitrogen and oxygen atoms in total. The average molecular weight is 212 g/mol. The molecule has 0 aliphatic heterocycles. The summed E-state index contributed by atoms with van der Waals surface area (Å²) in [4.78, 5) is 11.0. The van der Waals surface area contributed by atoms with Gasteiger partial charge in [0.05, 0.1) is 15.7 Å². The van der Waals surface area contributed by atoms with Gasteiger partial charge in [-0.1, -0.05) is 6.07 Å². The molecule has 1 aromatic rings. The molecule has 14 heavy (non-hydrogen) atoms. The third-order valence-corrected chi connectivity index (χ3v) is 3.08. The Hall–Kier alpha value is -1.36. The van der Waals surface area contributed by atoms with E-state index in [0.717, 1.165) is 5.56 Å². The summed E-state index contributed by atoms with van der Waals surface area (Å²) in [6, 6.07) is 5.19. The Kier molecular flexibility index (Phi) is 3.24. The standard InChI is InChI=1S/C9H12N2O2S/c1-6-2-3-7(10)8(4-6)14(13)5-9(11)12/h2-4H,5,10H2,1H3,(H2,11,12). The fourth-order valence-corrected chi connectivity index (χ4v) is 2.11. The molecule has 1 unspecified atom stereocenters.